The summed E-state index contributed by atoms with van der Waals surface area (Å²) in [6, 6.07) is 7.04. The first kappa shape index (κ1) is 11.0. The molecule has 1 aromatic heterocycles. The molecule has 0 aliphatic heterocycles. The van der Waals surface area contributed by atoms with Crippen molar-refractivity contribution in [1.82, 2.24) is 10.2 Å². The summed E-state index contributed by atoms with van der Waals surface area (Å²) in [5, 5.41) is 17.0. The number of benzene rings is 1. The molecule has 0 fully saturated rings. The average Bonchev–Trinajstić information content (AvgIpc) is 2.76. The molecule has 0 unspecified atom stereocenters. The van der Waals surface area contributed by atoms with Crippen LogP contribution in [0.1, 0.15) is 18.7 Å². The Bertz CT molecular complexity index is 453. The van der Waals surface area contributed by atoms with E-state index in [9.17, 15) is 0 Å². The summed E-state index contributed by atoms with van der Waals surface area (Å²) in [6.45, 7) is 1.98. The second-order valence-corrected chi connectivity index (χ2v) is 4.27. The fourth-order valence-electron chi connectivity index (χ4n) is 1.18. The molecule has 0 aliphatic rings. The number of aromatic nitrogens is 2. The number of hydrogen-bond donors (Lipinski definition) is 1. The van der Waals surface area contributed by atoms with E-state index in [2.05, 4.69) is 10.2 Å². The predicted octanol–water partition coefficient (Wildman–Crippen LogP) is 2.63. The van der Waals surface area contributed by atoms with Gasteiger partial charge < -0.3 is 9.52 Å². The lowest BCUT2D eigenvalue weighted by atomic mass is 10.3. The summed E-state index contributed by atoms with van der Waals surface area (Å²) in [5.74, 6) is 2.23. The lowest BCUT2D eigenvalue weighted by molar-refractivity contribution is 0.470. The molecule has 0 radical (unpaired) electrons. The minimum absolute atomic E-state index is 0.274. The number of phenolic OH excluding ortho intramolecular Hbond substituents is 1. The molecule has 2 rings (SSSR count). The van der Waals surface area contributed by atoms with Gasteiger partial charge in [-0.1, -0.05) is 6.92 Å². The first-order chi connectivity index (χ1) is 7.78. The zero-order chi connectivity index (χ0) is 11.4. The molecule has 0 amide bonds. The molecule has 84 valence electrons. The Morgan fingerprint density at radius 3 is 2.50 bits per heavy atom. The molecular formula is C11H12N2O2S. The van der Waals surface area contributed by atoms with Crippen LogP contribution in [0.3, 0.4) is 0 Å². The van der Waals surface area contributed by atoms with E-state index >= 15 is 0 Å². The van der Waals surface area contributed by atoms with E-state index in [1.54, 1.807) is 23.9 Å². The third-order valence-electron chi connectivity index (χ3n) is 2.01. The van der Waals surface area contributed by atoms with Crippen LogP contribution in [0.25, 0.3) is 0 Å². The van der Waals surface area contributed by atoms with E-state index < -0.39 is 0 Å². The smallest absolute Gasteiger partial charge is 0.226 e. The fraction of sp³-hybridized carbons (Fsp3) is 0.273. The van der Waals surface area contributed by atoms with E-state index in [0.717, 1.165) is 11.3 Å². The minimum Gasteiger partial charge on any atom is -0.508 e. The van der Waals surface area contributed by atoms with Crippen molar-refractivity contribution in [1.29, 1.82) is 0 Å². The van der Waals surface area contributed by atoms with Crippen LogP contribution in [0.4, 0.5) is 0 Å². The van der Waals surface area contributed by atoms with Gasteiger partial charge in [-0.25, -0.2) is 0 Å². The van der Waals surface area contributed by atoms with Crippen molar-refractivity contribution in [3.63, 3.8) is 0 Å². The molecule has 1 N–H and O–H groups in total. The number of thioether (sulfide) groups is 1. The molecule has 1 heterocycles. The van der Waals surface area contributed by atoms with Crippen LogP contribution in [0, 0.1) is 0 Å². The van der Waals surface area contributed by atoms with E-state index in [0.29, 0.717) is 17.5 Å². The standard InChI is InChI=1S/C11H12N2O2S/c1-2-10-12-13-11(15-10)7-16-9-5-3-8(14)4-6-9/h3-6,14H,2,7H2,1H3. The van der Waals surface area contributed by atoms with Gasteiger partial charge in [0.15, 0.2) is 0 Å². The fourth-order valence-corrected chi connectivity index (χ4v) is 1.91. The zero-order valence-electron chi connectivity index (χ0n) is 8.88. The summed E-state index contributed by atoms with van der Waals surface area (Å²) in [4.78, 5) is 1.06. The summed E-state index contributed by atoms with van der Waals surface area (Å²) < 4.78 is 5.39. The molecule has 5 heteroatoms. The van der Waals surface area contributed by atoms with Gasteiger partial charge in [0.25, 0.3) is 0 Å². The maximum absolute atomic E-state index is 9.13. The Kier molecular flexibility index (Phi) is 3.46. The van der Waals surface area contributed by atoms with Crippen LogP contribution in [-0.2, 0) is 12.2 Å². The van der Waals surface area contributed by atoms with Crippen molar-refractivity contribution in [3.05, 3.63) is 36.0 Å². The van der Waals surface area contributed by atoms with Gasteiger partial charge in [-0.15, -0.1) is 22.0 Å². The molecule has 0 saturated heterocycles. The van der Waals surface area contributed by atoms with Crippen molar-refractivity contribution in [3.8, 4) is 5.75 Å². The molecule has 0 atom stereocenters. The quantitative estimate of drug-likeness (QED) is 0.827. The molecular weight excluding hydrogens is 224 g/mol. The summed E-state index contributed by atoms with van der Waals surface area (Å²) >= 11 is 1.60. The molecule has 16 heavy (non-hydrogen) atoms. The lowest BCUT2D eigenvalue weighted by Crippen LogP contribution is -1.80. The molecule has 4 nitrogen and oxygen atoms in total. The van der Waals surface area contributed by atoms with Crippen LogP contribution >= 0.6 is 11.8 Å². The minimum atomic E-state index is 0.274. The zero-order valence-corrected chi connectivity index (χ0v) is 9.70. The third-order valence-corrected chi connectivity index (χ3v) is 3.01. The highest BCUT2D eigenvalue weighted by atomic mass is 32.2. The topological polar surface area (TPSA) is 59.2 Å². The average molecular weight is 236 g/mol. The SMILES string of the molecule is CCc1nnc(CSc2ccc(O)cc2)o1. The maximum Gasteiger partial charge on any atom is 0.226 e. The van der Waals surface area contributed by atoms with Crippen molar-refractivity contribution in [2.75, 3.05) is 0 Å². The summed E-state index contributed by atoms with van der Waals surface area (Å²) in [6.07, 6.45) is 0.761. The van der Waals surface area contributed by atoms with Crippen molar-refractivity contribution < 1.29 is 9.52 Å². The van der Waals surface area contributed by atoms with Crippen LogP contribution < -0.4 is 0 Å². The second-order valence-electron chi connectivity index (χ2n) is 3.23. The molecule has 1 aromatic carbocycles. The Morgan fingerprint density at radius 1 is 1.19 bits per heavy atom. The van der Waals surface area contributed by atoms with Crippen LogP contribution in [0.5, 0.6) is 5.75 Å². The number of aryl methyl sites for hydroxylation is 1. The maximum atomic E-state index is 9.13. The Balaban J connectivity index is 1.94. The monoisotopic (exact) mass is 236 g/mol. The molecule has 0 bridgehead atoms. The van der Waals surface area contributed by atoms with Gasteiger partial charge in [0, 0.05) is 11.3 Å². The molecule has 0 aliphatic carbocycles. The first-order valence-corrected chi connectivity index (χ1v) is 5.99. The van der Waals surface area contributed by atoms with Gasteiger partial charge in [-0.05, 0) is 24.3 Å². The van der Waals surface area contributed by atoms with Gasteiger partial charge in [-0.3, -0.25) is 0 Å². The Morgan fingerprint density at radius 2 is 1.88 bits per heavy atom. The number of aromatic hydroxyl groups is 1. The van der Waals surface area contributed by atoms with Gasteiger partial charge in [-0.2, -0.15) is 0 Å². The van der Waals surface area contributed by atoms with Crippen molar-refractivity contribution in [2.45, 2.75) is 24.0 Å². The molecule has 0 saturated carbocycles. The highest BCUT2D eigenvalue weighted by Gasteiger charge is 2.04. The number of rotatable bonds is 4. The number of phenols is 1. The predicted molar refractivity (Wildman–Crippen MR) is 61.3 cm³/mol. The number of hydrogen-bond acceptors (Lipinski definition) is 5. The van der Waals surface area contributed by atoms with Gasteiger partial charge >= 0.3 is 0 Å². The number of nitrogens with zero attached hydrogens (tertiary/aromatic N) is 2. The molecule has 2 aromatic rings. The normalized spacial score (nSPS) is 10.6. The van der Waals surface area contributed by atoms with Gasteiger partial charge in [0.1, 0.15) is 5.75 Å². The van der Waals surface area contributed by atoms with E-state index in [4.69, 9.17) is 9.52 Å². The third kappa shape index (κ3) is 2.76. The first-order valence-electron chi connectivity index (χ1n) is 5.01. The van der Waals surface area contributed by atoms with E-state index in [1.807, 2.05) is 19.1 Å². The van der Waals surface area contributed by atoms with E-state index in [-0.39, 0.29) is 5.75 Å². The summed E-state index contributed by atoms with van der Waals surface area (Å²) in [5.41, 5.74) is 0. The molecule has 0 spiro atoms. The lowest BCUT2D eigenvalue weighted by Gasteiger charge is -1.98. The Hall–Kier alpha value is -1.49. The Labute approximate surface area is 97.7 Å². The largest absolute Gasteiger partial charge is 0.508 e. The van der Waals surface area contributed by atoms with Gasteiger partial charge in [0.05, 0.1) is 5.75 Å². The highest BCUT2D eigenvalue weighted by Crippen LogP contribution is 2.23. The summed E-state index contributed by atoms with van der Waals surface area (Å²) in [7, 11) is 0. The van der Waals surface area contributed by atoms with Crippen LogP contribution in [-0.4, -0.2) is 15.3 Å². The van der Waals surface area contributed by atoms with Crippen molar-refractivity contribution >= 4 is 11.8 Å². The van der Waals surface area contributed by atoms with E-state index in [1.165, 1.54) is 0 Å². The van der Waals surface area contributed by atoms with Crippen LogP contribution in [0.2, 0.25) is 0 Å². The second kappa shape index (κ2) is 5.03. The van der Waals surface area contributed by atoms with Gasteiger partial charge in [0.2, 0.25) is 11.8 Å². The highest BCUT2D eigenvalue weighted by molar-refractivity contribution is 7.98. The van der Waals surface area contributed by atoms with Crippen molar-refractivity contribution in [2.24, 2.45) is 0 Å². The van der Waals surface area contributed by atoms with Crippen LogP contribution in [0.15, 0.2) is 33.6 Å².